The van der Waals surface area contributed by atoms with E-state index in [1.807, 2.05) is 32.2 Å². The molecule has 0 aliphatic carbocycles. The molecule has 21 heavy (non-hydrogen) atoms. The van der Waals surface area contributed by atoms with Gasteiger partial charge in [-0.25, -0.2) is 4.79 Å². The van der Waals surface area contributed by atoms with E-state index in [0.29, 0.717) is 11.3 Å². The number of benzene rings is 1. The highest BCUT2D eigenvalue weighted by Crippen LogP contribution is 2.18. The standard InChI is InChI=1S/C12H17NO2S.C4H8O/c1-8-5-9(2)11(12(14)15-3)6-10(8)7-16(4)13;1-2-4-5-3-1/h5-6,13H,7H2,1-4H3;1-4H2. The van der Waals surface area contributed by atoms with Gasteiger partial charge in [0.2, 0.25) is 0 Å². The number of hydrogen-bond acceptors (Lipinski definition) is 4. The molecule has 1 N–H and O–H groups in total. The Morgan fingerprint density at radius 1 is 1.29 bits per heavy atom. The maximum absolute atomic E-state index is 11.5. The normalized spacial score (nSPS) is 15.0. The van der Waals surface area contributed by atoms with Gasteiger partial charge in [0.1, 0.15) is 0 Å². The second-order valence-corrected chi connectivity index (χ2v) is 6.75. The first kappa shape index (κ1) is 17.9. The van der Waals surface area contributed by atoms with Crippen LogP contribution >= 0.6 is 0 Å². The molecule has 1 aromatic rings. The van der Waals surface area contributed by atoms with E-state index in [-0.39, 0.29) is 5.97 Å². The molecule has 5 heteroatoms. The molecule has 2 rings (SSSR count). The molecule has 1 aliphatic heterocycles. The minimum Gasteiger partial charge on any atom is -0.465 e. The SMILES string of the molecule is C1CCOC1.COC(=O)c1cc(CS(C)=N)c(C)cc1C. The van der Waals surface area contributed by atoms with Crippen LogP contribution in [0.5, 0.6) is 0 Å². The highest BCUT2D eigenvalue weighted by Gasteiger charge is 2.12. The number of methoxy groups -OCH3 is 1. The van der Waals surface area contributed by atoms with Crippen LogP contribution in [0.15, 0.2) is 12.1 Å². The van der Waals surface area contributed by atoms with E-state index in [2.05, 4.69) is 0 Å². The van der Waals surface area contributed by atoms with Gasteiger partial charge in [-0.15, -0.1) is 10.7 Å². The number of nitrogens with one attached hydrogen (secondary N) is 1. The monoisotopic (exact) mass is 311 g/mol. The van der Waals surface area contributed by atoms with Crippen LogP contribution in [-0.2, 0) is 25.9 Å². The number of aryl methyl sites for hydroxylation is 2. The lowest BCUT2D eigenvalue weighted by atomic mass is 10.0. The molecular weight excluding hydrogens is 286 g/mol. The Labute approximate surface area is 129 Å². The average Bonchev–Trinajstić information content (AvgIpc) is 3.00. The fraction of sp³-hybridized carbons (Fsp3) is 0.562. The van der Waals surface area contributed by atoms with Crippen molar-refractivity contribution in [3.63, 3.8) is 0 Å². The number of rotatable bonds is 3. The molecule has 1 aromatic carbocycles. The van der Waals surface area contributed by atoms with Crippen molar-refractivity contribution in [3.05, 3.63) is 34.4 Å². The van der Waals surface area contributed by atoms with Crippen LogP contribution < -0.4 is 0 Å². The van der Waals surface area contributed by atoms with Crippen molar-refractivity contribution in [3.8, 4) is 0 Å². The van der Waals surface area contributed by atoms with Gasteiger partial charge in [0.15, 0.2) is 0 Å². The summed E-state index contributed by atoms with van der Waals surface area (Å²) in [5.74, 6) is 0.385. The zero-order chi connectivity index (χ0) is 15.8. The van der Waals surface area contributed by atoms with Gasteiger partial charge in [0.05, 0.1) is 12.7 Å². The van der Waals surface area contributed by atoms with E-state index < -0.39 is 10.7 Å². The minimum absolute atomic E-state index is 0.306. The number of esters is 1. The Kier molecular flexibility index (Phi) is 7.61. The predicted molar refractivity (Wildman–Crippen MR) is 87.0 cm³/mol. The van der Waals surface area contributed by atoms with Crippen LogP contribution in [0.2, 0.25) is 0 Å². The van der Waals surface area contributed by atoms with Crippen molar-refractivity contribution < 1.29 is 14.3 Å². The third-order valence-corrected chi connectivity index (χ3v) is 4.03. The molecule has 0 amide bonds. The Morgan fingerprint density at radius 3 is 2.33 bits per heavy atom. The van der Waals surface area contributed by atoms with E-state index in [1.54, 1.807) is 0 Å². The summed E-state index contributed by atoms with van der Waals surface area (Å²) in [6.45, 7) is 5.91. The molecule has 0 radical (unpaired) electrons. The van der Waals surface area contributed by atoms with Crippen molar-refractivity contribution >= 4 is 16.7 Å². The summed E-state index contributed by atoms with van der Waals surface area (Å²) >= 11 is 0. The number of carbonyl (C=O) groups is 1. The average molecular weight is 311 g/mol. The topological polar surface area (TPSA) is 59.4 Å². The molecule has 0 spiro atoms. The predicted octanol–water partition coefficient (Wildman–Crippen LogP) is 3.40. The molecule has 0 bridgehead atoms. The van der Waals surface area contributed by atoms with Gasteiger partial charge in [-0.2, -0.15) is 0 Å². The summed E-state index contributed by atoms with van der Waals surface area (Å²) < 4.78 is 17.3. The maximum Gasteiger partial charge on any atom is 0.338 e. The van der Waals surface area contributed by atoms with Crippen LogP contribution in [0.25, 0.3) is 0 Å². The summed E-state index contributed by atoms with van der Waals surface area (Å²) in [5, 5.41) is 0. The van der Waals surface area contributed by atoms with Gasteiger partial charge < -0.3 is 9.47 Å². The molecule has 1 unspecified atom stereocenters. The largest absolute Gasteiger partial charge is 0.465 e. The van der Waals surface area contributed by atoms with Gasteiger partial charge in [0.25, 0.3) is 0 Å². The van der Waals surface area contributed by atoms with Crippen LogP contribution in [0.1, 0.15) is 39.9 Å². The Morgan fingerprint density at radius 2 is 1.90 bits per heavy atom. The Hall–Kier alpha value is -1.20. The van der Waals surface area contributed by atoms with Crippen molar-refractivity contribution in [2.24, 2.45) is 0 Å². The van der Waals surface area contributed by atoms with Crippen molar-refractivity contribution in [2.45, 2.75) is 32.4 Å². The second-order valence-electron chi connectivity index (χ2n) is 5.19. The molecule has 0 aromatic heterocycles. The van der Waals surface area contributed by atoms with Crippen molar-refractivity contribution in [2.75, 3.05) is 26.6 Å². The number of hydrogen-bond donors (Lipinski definition) is 1. The zero-order valence-electron chi connectivity index (χ0n) is 13.3. The molecule has 4 nitrogen and oxygen atoms in total. The van der Waals surface area contributed by atoms with Gasteiger partial charge in [-0.05, 0) is 55.7 Å². The molecule has 0 saturated carbocycles. The maximum atomic E-state index is 11.5. The fourth-order valence-corrected chi connectivity index (χ4v) is 2.90. The van der Waals surface area contributed by atoms with Gasteiger partial charge >= 0.3 is 5.97 Å². The molecule has 118 valence electrons. The first-order chi connectivity index (χ1) is 9.95. The van der Waals surface area contributed by atoms with Crippen LogP contribution in [-0.4, -0.2) is 32.5 Å². The number of ether oxygens (including phenoxy) is 2. The quantitative estimate of drug-likeness (QED) is 0.870. The first-order valence-corrected chi connectivity index (χ1v) is 8.86. The molecule has 1 heterocycles. The van der Waals surface area contributed by atoms with Crippen LogP contribution in [0.3, 0.4) is 0 Å². The van der Waals surface area contributed by atoms with Crippen LogP contribution in [0.4, 0.5) is 0 Å². The smallest absolute Gasteiger partial charge is 0.338 e. The highest BCUT2D eigenvalue weighted by atomic mass is 32.2. The van der Waals surface area contributed by atoms with Crippen molar-refractivity contribution in [1.29, 1.82) is 4.78 Å². The van der Waals surface area contributed by atoms with Gasteiger partial charge in [0, 0.05) is 19.0 Å². The van der Waals surface area contributed by atoms with Gasteiger partial charge in [-0.1, -0.05) is 6.07 Å². The summed E-state index contributed by atoms with van der Waals surface area (Å²) in [5.41, 5.74) is 3.73. The van der Waals surface area contributed by atoms with Crippen molar-refractivity contribution in [1.82, 2.24) is 0 Å². The molecule has 1 saturated heterocycles. The number of carbonyl (C=O) groups excluding carboxylic acids is 1. The summed E-state index contributed by atoms with van der Waals surface area (Å²) in [6, 6.07) is 3.84. The molecule has 1 atom stereocenters. The van der Waals surface area contributed by atoms with E-state index in [4.69, 9.17) is 14.3 Å². The van der Waals surface area contributed by atoms with E-state index in [1.165, 1.54) is 20.0 Å². The lowest BCUT2D eigenvalue weighted by molar-refractivity contribution is 0.0600. The first-order valence-electron chi connectivity index (χ1n) is 7.05. The van der Waals surface area contributed by atoms with E-state index >= 15 is 0 Å². The summed E-state index contributed by atoms with van der Waals surface area (Å²) in [7, 11) is 0.976. The Bertz CT molecular complexity index is 503. The minimum atomic E-state index is -0.409. The van der Waals surface area contributed by atoms with E-state index in [0.717, 1.165) is 29.9 Å². The second kappa shape index (κ2) is 8.95. The van der Waals surface area contributed by atoms with Gasteiger partial charge in [-0.3, -0.25) is 4.78 Å². The molecule has 1 fully saturated rings. The highest BCUT2D eigenvalue weighted by molar-refractivity contribution is 7.84. The summed E-state index contributed by atoms with van der Waals surface area (Å²) in [6.07, 6.45) is 4.43. The molecule has 1 aliphatic rings. The zero-order valence-corrected chi connectivity index (χ0v) is 14.1. The summed E-state index contributed by atoms with van der Waals surface area (Å²) in [4.78, 5) is 11.5. The van der Waals surface area contributed by atoms with E-state index in [9.17, 15) is 4.79 Å². The lowest BCUT2D eigenvalue weighted by Gasteiger charge is -2.10. The third-order valence-electron chi connectivity index (χ3n) is 3.29. The fourth-order valence-electron chi connectivity index (χ4n) is 2.13. The lowest BCUT2D eigenvalue weighted by Crippen LogP contribution is -2.06. The molecular formula is C16H25NO3S. The van der Waals surface area contributed by atoms with Crippen LogP contribution in [0, 0.1) is 18.6 Å². The third kappa shape index (κ3) is 5.98. The Balaban J connectivity index is 0.000000369.